The number of halogens is 12. The highest BCUT2D eigenvalue weighted by Crippen LogP contribution is 2.60. The lowest BCUT2D eigenvalue weighted by Gasteiger charge is -2.42. The van der Waals surface area contributed by atoms with Crippen LogP contribution in [0.15, 0.2) is 30.3 Å². The lowest BCUT2D eigenvalue weighted by Crippen LogP contribution is -2.51. The van der Waals surface area contributed by atoms with Crippen LogP contribution in [0.25, 0.3) is 11.1 Å². The molecule has 1 aliphatic rings. The van der Waals surface area contributed by atoms with Gasteiger partial charge in [0.2, 0.25) is 0 Å². The molecule has 0 unspecified atom stereocenters. The fourth-order valence-electron chi connectivity index (χ4n) is 4.89. The Morgan fingerprint density at radius 2 is 1.11 bits per heavy atom. The zero-order valence-electron chi connectivity index (χ0n) is 18.8. The Balaban J connectivity index is 1.97. The van der Waals surface area contributed by atoms with Crippen LogP contribution in [-0.2, 0) is 12.4 Å². The summed E-state index contributed by atoms with van der Waals surface area (Å²) in [5, 5.41) is 0. The van der Waals surface area contributed by atoms with Crippen molar-refractivity contribution in [2.24, 2.45) is 5.41 Å². The monoisotopic (exact) mass is 536 g/mol. The van der Waals surface area contributed by atoms with E-state index < -0.39 is 78.4 Å². The number of aryl methyl sites for hydroxylation is 1. The van der Waals surface area contributed by atoms with E-state index in [1.807, 2.05) is 0 Å². The molecule has 0 amide bonds. The third kappa shape index (κ3) is 5.04. The van der Waals surface area contributed by atoms with E-state index in [1.54, 1.807) is 0 Å². The summed E-state index contributed by atoms with van der Waals surface area (Å²) in [5.74, 6) is -0.676. The van der Waals surface area contributed by atoms with Gasteiger partial charge in [0.05, 0.1) is 11.1 Å². The van der Waals surface area contributed by atoms with E-state index in [0.29, 0.717) is 17.7 Å². The first-order valence-corrected chi connectivity index (χ1v) is 10.7. The maximum atomic E-state index is 13.4. The molecule has 0 radical (unpaired) electrons. The van der Waals surface area contributed by atoms with Crippen LogP contribution in [0.2, 0.25) is 0 Å². The Hall–Kier alpha value is -2.40. The first kappa shape index (κ1) is 28.2. The fourth-order valence-corrected chi connectivity index (χ4v) is 4.89. The highest BCUT2D eigenvalue weighted by molar-refractivity contribution is 5.70. The van der Waals surface area contributed by atoms with E-state index in [1.165, 1.54) is 25.1 Å². The predicted octanol–water partition coefficient (Wildman–Crippen LogP) is 9.78. The van der Waals surface area contributed by atoms with Gasteiger partial charge in [0, 0.05) is 0 Å². The molecule has 0 saturated heterocycles. The molecule has 3 rings (SSSR count). The number of hydrogen-bond acceptors (Lipinski definition) is 0. The third-order valence-corrected chi connectivity index (χ3v) is 6.98. The molecule has 0 atom stereocenters. The average molecular weight is 536 g/mol. The quantitative estimate of drug-likeness (QED) is 0.335. The van der Waals surface area contributed by atoms with E-state index in [-0.39, 0.29) is 16.7 Å². The van der Waals surface area contributed by atoms with Gasteiger partial charge >= 0.3 is 24.7 Å². The van der Waals surface area contributed by atoms with Gasteiger partial charge in [-0.05, 0) is 85.4 Å². The van der Waals surface area contributed by atoms with E-state index >= 15 is 0 Å². The van der Waals surface area contributed by atoms with Crippen molar-refractivity contribution < 1.29 is 52.7 Å². The van der Waals surface area contributed by atoms with E-state index in [0.717, 1.165) is 6.92 Å². The van der Waals surface area contributed by atoms with Gasteiger partial charge in [-0.3, -0.25) is 0 Å². The first-order chi connectivity index (χ1) is 16.2. The van der Waals surface area contributed by atoms with Crippen molar-refractivity contribution in [3.05, 3.63) is 58.1 Å². The van der Waals surface area contributed by atoms with Gasteiger partial charge in [-0.1, -0.05) is 18.2 Å². The van der Waals surface area contributed by atoms with Gasteiger partial charge < -0.3 is 0 Å². The Bertz CT molecular complexity index is 1060. The normalized spacial score (nSPS) is 17.9. The van der Waals surface area contributed by atoms with Crippen LogP contribution in [0, 0.1) is 19.3 Å². The maximum Gasteiger partial charge on any atom is 0.416 e. The molecule has 0 aliphatic heterocycles. The van der Waals surface area contributed by atoms with E-state index in [9.17, 15) is 52.7 Å². The van der Waals surface area contributed by atoms with Crippen molar-refractivity contribution in [2.75, 3.05) is 0 Å². The molecule has 12 heteroatoms. The zero-order valence-corrected chi connectivity index (χ0v) is 18.8. The highest BCUT2D eigenvalue weighted by Gasteiger charge is 2.70. The van der Waals surface area contributed by atoms with Gasteiger partial charge in [-0.15, -0.1) is 0 Å². The van der Waals surface area contributed by atoms with Crippen molar-refractivity contribution in [2.45, 2.75) is 70.2 Å². The van der Waals surface area contributed by atoms with Crippen molar-refractivity contribution in [1.29, 1.82) is 0 Å². The van der Waals surface area contributed by atoms with Crippen LogP contribution < -0.4 is 0 Å². The zero-order chi connectivity index (χ0) is 27.5. The lowest BCUT2D eigenvalue weighted by atomic mass is 9.67. The standard InChI is InChI=1S/C24H20F12/c1-12-9-15(14-5-7-20(8-6-14,23(31,32)33)24(34,35)36)3-4-17(12)16-10-18(21(25,26)27)13(2)19(11-16)22(28,29)30/h3-4,9-11,14H,5-8H2,1-2H3. The Kier molecular flexibility index (Phi) is 6.94. The number of alkyl halides is 12. The van der Waals surface area contributed by atoms with Crippen molar-refractivity contribution in [3.63, 3.8) is 0 Å². The molecular weight excluding hydrogens is 516 g/mol. The van der Waals surface area contributed by atoms with Crippen LogP contribution in [0.1, 0.15) is 59.4 Å². The summed E-state index contributed by atoms with van der Waals surface area (Å²) in [6.07, 6.45) is -24.3. The van der Waals surface area contributed by atoms with E-state index in [4.69, 9.17) is 0 Å². The molecule has 0 heterocycles. The van der Waals surface area contributed by atoms with Gasteiger partial charge in [0.1, 0.15) is 0 Å². The van der Waals surface area contributed by atoms with Crippen LogP contribution in [0.3, 0.4) is 0 Å². The number of rotatable bonds is 2. The van der Waals surface area contributed by atoms with Crippen molar-refractivity contribution in [3.8, 4) is 11.1 Å². The molecule has 36 heavy (non-hydrogen) atoms. The molecule has 0 N–H and O–H groups in total. The summed E-state index contributed by atoms with van der Waals surface area (Å²) in [7, 11) is 0. The molecule has 2 aromatic carbocycles. The second-order valence-corrected chi connectivity index (χ2v) is 9.12. The fraction of sp³-hybridized carbons (Fsp3) is 0.500. The molecule has 200 valence electrons. The summed E-state index contributed by atoms with van der Waals surface area (Å²) in [4.78, 5) is 0. The summed E-state index contributed by atoms with van der Waals surface area (Å²) >= 11 is 0. The average Bonchev–Trinajstić information content (AvgIpc) is 2.71. The summed E-state index contributed by atoms with van der Waals surface area (Å²) in [6.45, 7) is 2.12. The third-order valence-electron chi connectivity index (χ3n) is 6.98. The summed E-state index contributed by atoms with van der Waals surface area (Å²) < 4.78 is 160. The summed E-state index contributed by atoms with van der Waals surface area (Å²) in [5.41, 5.74) is -7.43. The van der Waals surface area contributed by atoms with E-state index in [2.05, 4.69) is 0 Å². The first-order valence-electron chi connectivity index (χ1n) is 10.7. The largest absolute Gasteiger partial charge is 0.416 e. The number of benzene rings is 2. The molecule has 1 aliphatic carbocycles. The molecule has 0 spiro atoms. The Morgan fingerprint density at radius 3 is 1.47 bits per heavy atom. The number of hydrogen-bond donors (Lipinski definition) is 0. The molecule has 1 saturated carbocycles. The lowest BCUT2D eigenvalue weighted by molar-refractivity contribution is -0.350. The second kappa shape index (κ2) is 8.86. The van der Waals surface area contributed by atoms with Crippen molar-refractivity contribution >= 4 is 0 Å². The van der Waals surface area contributed by atoms with Gasteiger partial charge in [0.25, 0.3) is 0 Å². The topological polar surface area (TPSA) is 0 Å². The predicted molar refractivity (Wildman–Crippen MR) is 107 cm³/mol. The Morgan fingerprint density at radius 1 is 0.667 bits per heavy atom. The highest BCUT2D eigenvalue weighted by atomic mass is 19.4. The minimum Gasteiger partial charge on any atom is -0.170 e. The maximum absolute atomic E-state index is 13.4. The summed E-state index contributed by atoms with van der Waals surface area (Å²) in [6, 6.07) is 5.13. The van der Waals surface area contributed by atoms with Crippen LogP contribution in [-0.4, -0.2) is 12.4 Å². The molecular formula is C24H20F12. The second-order valence-electron chi connectivity index (χ2n) is 9.12. The van der Waals surface area contributed by atoms with Crippen LogP contribution in [0.5, 0.6) is 0 Å². The van der Waals surface area contributed by atoms with Gasteiger partial charge in [-0.25, -0.2) is 0 Å². The smallest absolute Gasteiger partial charge is 0.170 e. The molecule has 0 nitrogen and oxygen atoms in total. The molecule has 2 aromatic rings. The molecule has 0 aromatic heterocycles. The molecule has 0 bridgehead atoms. The van der Waals surface area contributed by atoms with Gasteiger partial charge in [0.15, 0.2) is 5.41 Å². The van der Waals surface area contributed by atoms with Crippen molar-refractivity contribution in [1.82, 2.24) is 0 Å². The SMILES string of the molecule is Cc1cc(C2CCC(C(F)(F)F)(C(F)(F)F)CC2)ccc1-c1cc(C(F)(F)F)c(C)c(C(F)(F)F)c1. The Labute approximate surface area is 198 Å². The van der Waals surface area contributed by atoms with Crippen LogP contribution >= 0.6 is 0 Å². The van der Waals surface area contributed by atoms with Crippen LogP contribution in [0.4, 0.5) is 52.7 Å². The minimum absolute atomic E-state index is 0.0329. The minimum atomic E-state index is -5.48. The molecule has 1 fully saturated rings. The van der Waals surface area contributed by atoms with Gasteiger partial charge in [-0.2, -0.15) is 52.7 Å².